The summed E-state index contributed by atoms with van der Waals surface area (Å²) in [6.07, 6.45) is 3.50. The minimum atomic E-state index is -2.68. The van der Waals surface area contributed by atoms with Crippen LogP contribution >= 0.6 is 0 Å². The van der Waals surface area contributed by atoms with Crippen LogP contribution in [0.25, 0.3) is 0 Å². The molecular formula is C29H33N5O7. The molecule has 1 unspecified atom stereocenters. The van der Waals surface area contributed by atoms with Gasteiger partial charge in [0.05, 0.1) is 17.3 Å². The lowest BCUT2D eigenvalue weighted by Gasteiger charge is -2.50. The van der Waals surface area contributed by atoms with Crippen molar-refractivity contribution in [2.24, 2.45) is 17.6 Å². The number of rotatable bonds is 6. The number of primary amides is 1. The number of nitrogens with zero attached hydrogens (tertiary/aromatic N) is 3. The van der Waals surface area contributed by atoms with Crippen LogP contribution in [0.15, 0.2) is 53.3 Å². The molecule has 0 bridgehead atoms. The number of aliphatic hydroxyl groups excluding tert-OH is 2. The molecule has 12 nitrogen and oxygen atoms in total. The zero-order valence-electron chi connectivity index (χ0n) is 23.2. The van der Waals surface area contributed by atoms with Crippen molar-refractivity contribution in [3.8, 4) is 5.75 Å². The summed E-state index contributed by atoms with van der Waals surface area (Å²) >= 11 is 0. The molecule has 0 spiro atoms. The number of ketones is 2. The molecule has 0 aliphatic heterocycles. The van der Waals surface area contributed by atoms with E-state index < -0.39 is 58.0 Å². The predicted octanol–water partition coefficient (Wildman–Crippen LogP) is 1.19. The van der Waals surface area contributed by atoms with Gasteiger partial charge in [-0.15, -0.1) is 0 Å². The Hall–Kier alpha value is -4.42. The highest BCUT2D eigenvalue weighted by molar-refractivity contribution is 6.25. The van der Waals surface area contributed by atoms with Gasteiger partial charge >= 0.3 is 0 Å². The summed E-state index contributed by atoms with van der Waals surface area (Å²) in [7, 11) is 6.81. The molecule has 0 saturated carbocycles. The molecule has 1 amide bonds. The number of aromatic hydroxyl groups is 1. The number of nitrogens with two attached hydrogens (primary N) is 1. The van der Waals surface area contributed by atoms with Gasteiger partial charge in [0, 0.05) is 55.8 Å². The maximum atomic E-state index is 14.1. The Labute approximate surface area is 236 Å². The normalized spacial score (nSPS) is 25.6. The average molecular weight is 564 g/mol. The van der Waals surface area contributed by atoms with Gasteiger partial charge in [-0.05, 0) is 56.6 Å². The molecular weight excluding hydrogens is 530 g/mol. The number of benzene rings is 1. The Kier molecular flexibility index (Phi) is 6.79. The van der Waals surface area contributed by atoms with E-state index in [4.69, 9.17) is 5.73 Å². The molecule has 0 saturated heterocycles. The smallest absolute Gasteiger partial charge is 0.255 e. The molecule has 1 aromatic heterocycles. The van der Waals surface area contributed by atoms with Crippen LogP contribution in [0.2, 0.25) is 0 Å². The van der Waals surface area contributed by atoms with Crippen molar-refractivity contribution in [1.29, 1.82) is 0 Å². The minimum absolute atomic E-state index is 0.0278. The van der Waals surface area contributed by atoms with Crippen molar-refractivity contribution in [2.75, 3.05) is 38.4 Å². The van der Waals surface area contributed by atoms with Gasteiger partial charge in [0.15, 0.2) is 11.4 Å². The number of phenols is 1. The van der Waals surface area contributed by atoms with E-state index in [2.05, 4.69) is 10.3 Å². The number of nitrogens with one attached hydrogen (secondary N) is 1. The van der Waals surface area contributed by atoms with E-state index in [-0.39, 0.29) is 36.3 Å². The first-order valence-electron chi connectivity index (χ1n) is 13.1. The Bertz CT molecular complexity index is 1530. The number of hydrogen-bond donors (Lipinski definition) is 6. The number of fused-ring (bicyclic) bond motifs is 3. The lowest BCUT2D eigenvalue weighted by molar-refractivity contribution is -0.148. The van der Waals surface area contributed by atoms with Crippen LogP contribution in [0.3, 0.4) is 0 Å². The predicted molar refractivity (Wildman–Crippen MR) is 150 cm³/mol. The van der Waals surface area contributed by atoms with Gasteiger partial charge in [-0.3, -0.25) is 24.3 Å². The lowest BCUT2D eigenvalue weighted by Crippen LogP contribution is -2.63. The molecule has 3 aliphatic carbocycles. The molecule has 0 radical (unpaired) electrons. The molecule has 1 heterocycles. The fraction of sp³-hybridized carbons (Fsp3) is 0.379. The van der Waals surface area contributed by atoms with Gasteiger partial charge in [0.25, 0.3) is 5.91 Å². The van der Waals surface area contributed by atoms with Crippen LogP contribution in [0.5, 0.6) is 5.75 Å². The van der Waals surface area contributed by atoms with Crippen LogP contribution in [0.1, 0.15) is 27.9 Å². The Morgan fingerprint density at radius 2 is 1.90 bits per heavy atom. The zero-order valence-corrected chi connectivity index (χ0v) is 23.2. The van der Waals surface area contributed by atoms with Gasteiger partial charge in [-0.2, -0.15) is 0 Å². The second-order valence-corrected chi connectivity index (χ2v) is 11.2. The largest absolute Gasteiger partial charge is 0.510 e. The van der Waals surface area contributed by atoms with Gasteiger partial charge in [0.1, 0.15) is 22.8 Å². The van der Waals surface area contributed by atoms with E-state index in [1.807, 2.05) is 25.1 Å². The van der Waals surface area contributed by atoms with Crippen molar-refractivity contribution >= 4 is 28.8 Å². The molecule has 1 aromatic carbocycles. The summed E-state index contributed by atoms with van der Waals surface area (Å²) in [6.45, 7) is 0.161. The number of aliphatic hydroxyl groups is 3. The number of aromatic nitrogens is 1. The highest BCUT2D eigenvalue weighted by Crippen LogP contribution is 2.53. The average Bonchev–Trinajstić information content (AvgIpc) is 2.90. The summed E-state index contributed by atoms with van der Waals surface area (Å²) in [6, 6.07) is 4.32. The Morgan fingerprint density at radius 3 is 2.49 bits per heavy atom. The van der Waals surface area contributed by atoms with E-state index in [9.17, 15) is 34.8 Å². The van der Waals surface area contributed by atoms with E-state index in [1.54, 1.807) is 38.6 Å². The van der Waals surface area contributed by atoms with E-state index in [0.29, 0.717) is 22.5 Å². The molecule has 4 atom stereocenters. The molecule has 216 valence electrons. The van der Waals surface area contributed by atoms with Gasteiger partial charge in [-0.25, -0.2) is 0 Å². The molecule has 5 rings (SSSR count). The highest BCUT2D eigenvalue weighted by atomic mass is 16.3. The third kappa shape index (κ3) is 4.13. The van der Waals surface area contributed by atoms with Crippen LogP contribution < -0.4 is 16.0 Å². The first-order valence-corrected chi connectivity index (χ1v) is 13.1. The van der Waals surface area contributed by atoms with Gasteiger partial charge in [0.2, 0.25) is 5.78 Å². The zero-order chi connectivity index (χ0) is 30.0. The summed E-state index contributed by atoms with van der Waals surface area (Å²) in [4.78, 5) is 47.1. The number of carbonyl (C=O) groups is 3. The van der Waals surface area contributed by atoms with E-state index >= 15 is 0 Å². The number of Topliss-reactive ketones (excluding diaryl/α,β-unsaturated/α-hetero) is 2. The standard InChI is InChI=1S/C29H33N5O7/c1-33(2)18-10-14(11-32-15-6-5-7-31-12-15)23(35)20-16(18)8-13-9-17-22(34(3)4)25(37)21(28(30)40)27(39)29(17,41)26(38)19(13)24(20)36/h5-7,10,12-13,17,22,32,35,37-38,41H,8-9,11H2,1-4H3,(H2,30,40)/t13-,17-,22?,29+/m1/s1. The van der Waals surface area contributed by atoms with Crippen LogP contribution in [0, 0.1) is 11.8 Å². The SMILES string of the molecule is CN(C)c1cc(CNc2cccnc2)c(O)c2c1C[C@@H]1C[C@@H]3C(N(C)C)C(O)=C(C(N)=O)C(=O)[C@@]3(O)C(O)=C1C2=O. The maximum Gasteiger partial charge on any atom is 0.255 e. The van der Waals surface area contributed by atoms with E-state index in [1.165, 1.54) is 4.90 Å². The fourth-order valence-corrected chi connectivity index (χ4v) is 6.55. The minimum Gasteiger partial charge on any atom is -0.510 e. The second-order valence-electron chi connectivity index (χ2n) is 11.2. The third-order valence-electron chi connectivity index (χ3n) is 8.40. The highest BCUT2D eigenvalue weighted by Gasteiger charge is 2.63. The second kappa shape index (κ2) is 9.89. The van der Waals surface area contributed by atoms with Crippen molar-refractivity contribution in [3.63, 3.8) is 0 Å². The summed E-state index contributed by atoms with van der Waals surface area (Å²) in [5.41, 5.74) is 4.04. The quantitative estimate of drug-likeness (QED) is 0.277. The molecule has 3 aliphatic rings. The number of hydrogen-bond acceptors (Lipinski definition) is 11. The first kappa shape index (κ1) is 28.1. The number of phenolic OH excluding ortho intramolecular Hbond substituents is 1. The number of anilines is 2. The molecule has 41 heavy (non-hydrogen) atoms. The maximum absolute atomic E-state index is 14.1. The fourth-order valence-electron chi connectivity index (χ4n) is 6.55. The number of allylic oxidation sites excluding steroid dienone is 1. The van der Waals surface area contributed by atoms with Crippen molar-refractivity contribution in [2.45, 2.75) is 31.0 Å². The van der Waals surface area contributed by atoms with Gasteiger partial charge < -0.3 is 36.4 Å². The van der Waals surface area contributed by atoms with Crippen molar-refractivity contribution in [1.82, 2.24) is 9.88 Å². The molecule has 0 fully saturated rings. The first-order chi connectivity index (χ1) is 19.3. The molecule has 12 heteroatoms. The number of likely N-dealkylation sites (N-methyl/N-ethyl adjacent to an activating group) is 1. The third-order valence-corrected chi connectivity index (χ3v) is 8.40. The molecule has 2 aromatic rings. The number of carbonyl (C=O) groups excluding carboxylic acids is 3. The topological polar surface area (TPSA) is 190 Å². The van der Waals surface area contributed by atoms with Gasteiger partial charge in [-0.1, -0.05) is 0 Å². The number of amides is 1. The van der Waals surface area contributed by atoms with Crippen LogP contribution in [-0.4, -0.2) is 87.6 Å². The monoisotopic (exact) mass is 563 g/mol. The Morgan fingerprint density at radius 1 is 1.20 bits per heavy atom. The summed E-state index contributed by atoms with van der Waals surface area (Å²) in [5.74, 6) is -6.73. The van der Waals surface area contributed by atoms with Crippen molar-refractivity contribution in [3.05, 3.63) is 69.9 Å². The summed E-state index contributed by atoms with van der Waals surface area (Å²) in [5, 5.41) is 48.7. The summed E-state index contributed by atoms with van der Waals surface area (Å²) < 4.78 is 0. The number of pyridine rings is 1. The van der Waals surface area contributed by atoms with E-state index in [0.717, 1.165) is 0 Å². The van der Waals surface area contributed by atoms with Crippen molar-refractivity contribution < 1.29 is 34.8 Å². The van der Waals surface area contributed by atoms with Crippen LogP contribution in [-0.2, 0) is 22.6 Å². The Balaban J connectivity index is 1.66. The lowest BCUT2D eigenvalue weighted by atomic mass is 9.58. The molecule has 7 N–H and O–H groups in total. The van der Waals surface area contributed by atoms with Crippen LogP contribution in [0.4, 0.5) is 11.4 Å².